The van der Waals surface area contributed by atoms with Gasteiger partial charge in [0.25, 0.3) is 0 Å². The molecule has 3 aromatic heterocycles. The number of carbonyl (C=O) groups excluding carboxylic acids is 1. The molecule has 1 amide bonds. The first-order valence-electron chi connectivity index (χ1n) is 13.5. The van der Waals surface area contributed by atoms with Crippen molar-refractivity contribution in [3.8, 4) is 23.1 Å². The average Bonchev–Trinajstić information content (AvgIpc) is 3.39. The van der Waals surface area contributed by atoms with E-state index in [1.165, 1.54) is 12.3 Å². The fourth-order valence-corrected chi connectivity index (χ4v) is 5.03. The lowest BCUT2D eigenvalue weighted by Crippen LogP contribution is -2.48. The molecule has 5 rings (SSSR count). The largest absolute Gasteiger partial charge is 0.494 e. The Bertz CT molecular complexity index is 1620. The third kappa shape index (κ3) is 5.83. The van der Waals surface area contributed by atoms with Crippen molar-refractivity contribution < 1.29 is 9.53 Å². The van der Waals surface area contributed by atoms with Crippen molar-refractivity contribution in [2.45, 2.75) is 25.3 Å². The van der Waals surface area contributed by atoms with Crippen LogP contribution in [0.3, 0.4) is 0 Å². The van der Waals surface area contributed by atoms with E-state index in [2.05, 4.69) is 62.2 Å². The van der Waals surface area contributed by atoms with Crippen LogP contribution in [-0.4, -0.2) is 70.7 Å². The van der Waals surface area contributed by atoms with Crippen LogP contribution in [0.2, 0.25) is 0 Å². The number of hydrogen-bond donors (Lipinski definition) is 2. The number of methoxy groups -OCH3 is 1. The Labute approximate surface area is 239 Å². The minimum Gasteiger partial charge on any atom is -0.494 e. The highest BCUT2D eigenvalue weighted by Crippen LogP contribution is 2.42. The van der Waals surface area contributed by atoms with E-state index in [0.29, 0.717) is 40.0 Å². The number of nitrogens with one attached hydrogen (secondary N) is 2. The Morgan fingerprint density at radius 3 is 2.85 bits per heavy atom. The second-order valence-corrected chi connectivity index (χ2v) is 10.1. The Hall–Kier alpha value is -4.95. The molecule has 0 radical (unpaired) electrons. The molecule has 0 saturated carbocycles. The highest BCUT2D eigenvalue weighted by atomic mass is 16.5. The van der Waals surface area contributed by atoms with E-state index >= 15 is 0 Å². The van der Waals surface area contributed by atoms with E-state index in [0.717, 1.165) is 43.6 Å². The number of benzene rings is 1. The smallest absolute Gasteiger partial charge is 0.247 e. The molecule has 4 aromatic rings. The molecule has 4 heterocycles. The van der Waals surface area contributed by atoms with Crippen LogP contribution in [0.5, 0.6) is 5.75 Å². The maximum atomic E-state index is 12.4. The first kappa shape index (κ1) is 27.6. The van der Waals surface area contributed by atoms with Crippen LogP contribution >= 0.6 is 0 Å². The number of hydrogen-bond acceptors (Lipinski definition) is 9. The lowest BCUT2D eigenvalue weighted by atomic mass is 9.96. The summed E-state index contributed by atoms with van der Waals surface area (Å²) in [7, 11) is 5.76. The van der Waals surface area contributed by atoms with Crippen LogP contribution in [0, 0.1) is 11.3 Å². The molecule has 1 aliphatic rings. The van der Waals surface area contributed by atoms with Crippen LogP contribution in [0.4, 0.5) is 23.0 Å². The molecule has 1 atom stereocenters. The Morgan fingerprint density at radius 1 is 1.29 bits per heavy atom. The van der Waals surface area contributed by atoms with Crippen molar-refractivity contribution in [2.24, 2.45) is 0 Å². The molecule has 41 heavy (non-hydrogen) atoms. The van der Waals surface area contributed by atoms with Gasteiger partial charge in [-0.15, -0.1) is 0 Å². The molecule has 0 aliphatic carbocycles. The number of ether oxygens (including phenoxy) is 1. The molecule has 1 unspecified atom stereocenters. The number of aromatic nitrogens is 4. The molecule has 0 bridgehead atoms. The van der Waals surface area contributed by atoms with Gasteiger partial charge in [-0.1, -0.05) is 12.6 Å². The second-order valence-electron chi connectivity index (χ2n) is 10.1. The van der Waals surface area contributed by atoms with E-state index in [4.69, 9.17) is 4.74 Å². The normalized spacial score (nSPS) is 14.4. The molecule has 210 valence electrons. The average molecular weight is 552 g/mol. The summed E-state index contributed by atoms with van der Waals surface area (Å²) >= 11 is 0. The predicted octanol–water partition coefficient (Wildman–Crippen LogP) is 4.46. The Morgan fingerprint density at radius 2 is 2.15 bits per heavy atom. The molecule has 1 saturated heterocycles. The predicted molar refractivity (Wildman–Crippen MR) is 160 cm³/mol. The molecule has 0 spiro atoms. The molecule has 1 fully saturated rings. The number of pyridine rings is 1. The van der Waals surface area contributed by atoms with Gasteiger partial charge in [-0.3, -0.25) is 4.79 Å². The van der Waals surface area contributed by atoms with Gasteiger partial charge in [0.2, 0.25) is 11.9 Å². The van der Waals surface area contributed by atoms with E-state index in [1.807, 2.05) is 36.5 Å². The number of anilines is 4. The molecule has 11 heteroatoms. The standard InChI is InChI=1S/C30H33N9O2/c1-5-28(40)34-23-15-24(27(41-4)16-26(23)38-14-11-21(38)9-8-12-37(2)3)35-30-32-18-20(17-31)29(36-30)22-19-33-39-13-7-6-10-25(22)39/h5-7,10,13,15-16,18-19,21H,1,8-9,11-12,14H2,2-4H3,(H,34,40)(H,32,35,36). The molecule has 2 N–H and O–H groups in total. The number of nitriles is 1. The van der Waals surface area contributed by atoms with Gasteiger partial charge >= 0.3 is 0 Å². The molecular weight excluding hydrogens is 518 g/mol. The van der Waals surface area contributed by atoms with Crippen LogP contribution in [0.25, 0.3) is 16.8 Å². The quantitative estimate of drug-likeness (QED) is 0.260. The minimum atomic E-state index is -0.308. The molecule has 1 aliphatic heterocycles. The van der Waals surface area contributed by atoms with Gasteiger partial charge in [0, 0.05) is 30.4 Å². The number of amides is 1. The first-order chi connectivity index (χ1) is 19.9. The number of fused-ring (bicyclic) bond motifs is 1. The van der Waals surface area contributed by atoms with Crippen LogP contribution < -0.4 is 20.3 Å². The highest BCUT2D eigenvalue weighted by molar-refractivity contribution is 6.02. The monoisotopic (exact) mass is 551 g/mol. The molecular formula is C30H33N9O2. The van der Waals surface area contributed by atoms with E-state index in [1.54, 1.807) is 17.8 Å². The maximum Gasteiger partial charge on any atom is 0.247 e. The number of rotatable bonds is 11. The molecule has 1 aromatic carbocycles. The van der Waals surface area contributed by atoms with E-state index in [-0.39, 0.29) is 11.9 Å². The van der Waals surface area contributed by atoms with E-state index < -0.39 is 0 Å². The Kier molecular flexibility index (Phi) is 8.12. The van der Waals surface area contributed by atoms with Crippen LogP contribution in [0.1, 0.15) is 24.8 Å². The van der Waals surface area contributed by atoms with Crippen molar-refractivity contribution in [1.82, 2.24) is 24.5 Å². The van der Waals surface area contributed by atoms with Crippen molar-refractivity contribution in [3.05, 3.63) is 67.1 Å². The first-order valence-corrected chi connectivity index (χ1v) is 13.5. The van der Waals surface area contributed by atoms with Crippen molar-refractivity contribution in [2.75, 3.05) is 49.8 Å². The summed E-state index contributed by atoms with van der Waals surface area (Å²) in [6.45, 7) is 5.53. The van der Waals surface area contributed by atoms with Crippen molar-refractivity contribution in [3.63, 3.8) is 0 Å². The van der Waals surface area contributed by atoms with Gasteiger partial charge in [0.15, 0.2) is 0 Å². The fraction of sp³-hybridized carbons (Fsp3) is 0.300. The lowest BCUT2D eigenvalue weighted by Gasteiger charge is -2.44. The van der Waals surface area contributed by atoms with Crippen molar-refractivity contribution >= 4 is 34.4 Å². The summed E-state index contributed by atoms with van der Waals surface area (Å²) in [5.74, 6) is 0.532. The number of nitrogens with zero attached hydrogens (tertiary/aromatic N) is 7. The Balaban J connectivity index is 1.49. The van der Waals surface area contributed by atoms with Gasteiger partial charge in [-0.2, -0.15) is 10.4 Å². The van der Waals surface area contributed by atoms with Gasteiger partial charge in [-0.05, 0) is 64.2 Å². The van der Waals surface area contributed by atoms with Gasteiger partial charge in [0.1, 0.15) is 11.8 Å². The summed E-state index contributed by atoms with van der Waals surface area (Å²) in [5.41, 5.74) is 4.41. The number of carbonyl (C=O) groups is 1. The van der Waals surface area contributed by atoms with Gasteiger partial charge < -0.3 is 25.2 Å². The summed E-state index contributed by atoms with van der Waals surface area (Å²) in [6, 6.07) is 12.0. The SMILES string of the molecule is C=CC(=O)Nc1cc(Nc2ncc(C#N)c(-c3cnn4ccccc34)n2)c(OC)cc1N1CCC1CCCN(C)C. The summed E-state index contributed by atoms with van der Waals surface area (Å²) in [5, 5.41) is 20.3. The van der Waals surface area contributed by atoms with Crippen LogP contribution in [0.15, 0.2) is 61.6 Å². The zero-order valence-corrected chi connectivity index (χ0v) is 23.5. The highest BCUT2D eigenvalue weighted by Gasteiger charge is 2.30. The minimum absolute atomic E-state index is 0.270. The summed E-state index contributed by atoms with van der Waals surface area (Å²) in [6.07, 6.45) is 9.49. The maximum absolute atomic E-state index is 12.4. The zero-order valence-electron chi connectivity index (χ0n) is 23.5. The summed E-state index contributed by atoms with van der Waals surface area (Å²) in [4.78, 5) is 26.0. The third-order valence-corrected chi connectivity index (χ3v) is 7.19. The lowest BCUT2D eigenvalue weighted by molar-refractivity contribution is -0.111. The van der Waals surface area contributed by atoms with Gasteiger partial charge in [-0.25, -0.2) is 14.5 Å². The summed E-state index contributed by atoms with van der Waals surface area (Å²) < 4.78 is 7.49. The second kappa shape index (κ2) is 12.1. The third-order valence-electron chi connectivity index (χ3n) is 7.19. The van der Waals surface area contributed by atoms with Crippen LogP contribution in [-0.2, 0) is 4.79 Å². The topological polar surface area (TPSA) is 124 Å². The van der Waals surface area contributed by atoms with Gasteiger partial charge in [0.05, 0.1) is 53.3 Å². The van der Waals surface area contributed by atoms with E-state index in [9.17, 15) is 10.1 Å². The molecule has 11 nitrogen and oxygen atoms in total. The fourth-order valence-electron chi connectivity index (χ4n) is 5.03. The van der Waals surface area contributed by atoms with Crippen molar-refractivity contribution in [1.29, 1.82) is 5.26 Å². The zero-order chi connectivity index (χ0) is 28.9.